The number of fused-ring (bicyclic) bond motifs is 1. The van der Waals surface area contributed by atoms with Crippen LogP contribution in [0.5, 0.6) is 0 Å². The number of hydrogen-bond acceptors (Lipinski definition) is 5. The average Bonchev–Trinajstić information content (AvgIpc) is 3.11. The Labute approximate surface area is 159 Å². The molecule has 0 saturated carbocycles. The quantitative estimate of drug-likeness (QED) is 0.492. The molecule has 1 amide bonds. The maximum absolute atomic E-state index is 12.8. The molecule has 27 heavy (non-hydrogen) atoms. The van der Waals surface area contributed by atoms with Gasteiger partial charge in [0.05, 0.1) is 4.92 Å². The highest BCUT2D eigenvalue weighted by Gasteiger charge is 2.30. The van der Waals surface area contributed by atoms with E-state index in [0.717, 1.165) is 11.1 Å². The summed E-state index contributed by atoms with van der Waals surface area (Å²) in [5, 5.41) is 11.5. The lowest BCUT2D eigenvalue weighted by atomic mass is 9.96. The number of carbonyl (C=O) groups is 1. The third kappa shape index (κ3) is 3.38. The van der Waals surface area contributed by atoms with Crippen molar-refractivity contribution in [3.63, 3.8) is 0 Å². The van der Waals surface area contributed by atoms with Gasteiger partial charge in [-0.25, -0.2) is 4.98 Å². The summed E-state index contributed by atoms with van der Waals surface area (Å²) in [5.74, 6) is 0.455. The number of benzene rings is 2. The number of rotatable bonds is 3. The normalized spacial score (nSPS) is 15.2. The Kier molecular flexibility index (Phi) is 4.53. The molecule has 0 spiro atoms. The zero-order valence-corrected chi connectivity index (χ0v) is 15.1. The number of carbonyl (C=O) groups excluding carboxylic acids is 1. The van der Waals surface area contributed by atoms with E-state index < -0.39 is 4.92 Å². The molecular weight excluding hydrogens is 370 g/mol. The van der Waals surface area contributed by atoms with Crippen molar-refractivity contribution in [2.24, 2.45) is 0 Å². The molecule has 1 fully saturated rings. The molecule has 7 nitrogen and oxygen atoms in total. The van der Waals surface area contributed by atoms with Crippen LogP contribution in [0, 0.1) is 10.1 Å². The second-order valence-electron chi connectivity index (χ2n) is 6.50. The number of amides is 1. The van der Waals surface area contributed by atoms with Crippen LogP contribution in [0.1, 0.15) is 35.0 Å². The Morgan fingerprint density at radius 3 is 2.67 bits per heavy atom. The lowest BCUT2D eigenvalue weighted by Gasteiger charge is -2.30. The molecule has 138 valence electrons. The number of halogens is 1. The first-order valence-corrected chi connectivity index (χ1v) is 8.99. The maximum atomic E-state index is 12.8. The lowest BCUT2D eigenvalue weighted by molar-refractivity contribution is -0.385. The van der Waals surface area contributed by atoms with Gasteiger partial charge in [-0.2, -0.15) is 0 Å². The Balaban J connectivity index is 1.49. The van der Waals surface area contributed by atoms with Crippen LogP contribution in [0.3, 0.4) is 0 Å². The fourth-order valence-electron chi connectivity index (χ4n) is 3.40. The van der Waals surface area contributed by atoms with Gasteiger partial charge in [0.1, 0.15) is 11.1 Å². The van der Waals surface area contributed by atoms with Gasteiger partial charge in [-0.3, -0.25) is 14.9 Å². The van der Waals surface area contributed by atoms with Crippen molar-refractivity contribution >= 4 is 34.3 Å². The van der Waals surface area contributed by atoms with E-state index in [4.69, 9.17) is 16.0 Å². The van der Waals surface area contributed by atoms with Gasteiger partial charge >= 0.3 is 0 Å². The summed E-state index contributed by atoms with van der Waals surface area (Å²) in [5.41, 5.74) is 1.36. The molecular formula is C19H16ClN3O4. The van der Waals surface area contributed by atoms with E-state index in [2.05, 4.69) is 4.98 Å². The molecule has 2 heterocycles. The lowest BCUT2D eigenvalue weighted by Crippen LogP contribution is -2.38. The van der Waals surface area contributed by atoms with Crippen LogP contribution in [0.4, 0.5) is 5.69 Å². The molecule has 1 aromatic heterocycles. The topological polar surface area (TPSA) is 89.5 Å². The molecule has 1 aliphatic rings. The van der Waals surface area contributed by atoms with Crippen molar-refractivity contribution < 1.29 is 14.1 Å². The van der Waals surface area contributed by atoms with Gasteiger partial charge in [0.15, 0.2) is 11.5 Å². The van der Waals surface area contributed by atoms with Crippen LogP contribution < -0.4 is 0 Å². The van der Waals surface area contributed by atoms with Crippen molar-refractivity contribution in [1.29, 1.82) is 0 Å². The van der Waals surface area contributed by atoms with Gasteiger partial charge in [-0.1, -0.05) is 23.7 Å². The molecule has 0 N–H and O–H groups in total. The van der Waals surface area contributed by atoms with Gasteiger partial charge in [-0.15, -0.1) is 0 Å². The summed E-state index contributed by atoms with van der Waals surface area (Å²) >= 11 is 5.83. The van der Waals surface area contributed by atoms with Crippen LogP contribution in [-0.2, 0) is 0 Å². The number of oxazole rings is 1. The molecule has 1 aliphatic heterocycles. The summed E-state index contributed by atoms with van der Waals surface area (Å²) in [6.07, 6.45) is 1.39. The van der Waals surface area contributed by atoms with Gasteiger partial charge in [0.2, 0.25) is 0 Å². The molecule has 0 radical (unpaired) electrons. The zero-order chi connectivity index (χ0) is 19.0. The first-order chi connectivity index (χ1) is 13.0. The van der Waals surface area contributed by atoms with E-state index >= 15 is 0 Å². The third-order valence-electron chi connectivity index (χ3n) is 4.83. The highest BCUT2D eigenvalue weighted by molar-refractivity contribution is 6.31. The third-order valence-corrected chi connectivity index (χ3v) is 5.06. The molecule has 0 aliphatic carbocycles. The van der Waals surface area contributed by atoms with Gasteiger partial charge in [0, 0.05) is 30.1 Å². The van der Waals surface area contributed by atoms with Crippen LogP contribution in [0.15, 0.2) is 46.9 Å². The molecule has 2 aromatic carbocycles. The highest BCUT2D eigenvalue weighted by atomic mass is 35.5. The Morgan fingerprint density at radius 2 is 1.96 bits per heavy atom. The number of aromatic nitrogens is 1. The monoisotopic (exact) mass is 385 g/mol. The number of nitro benzene ring substituents is 1. The van der Waals surface area contributed by atoms with Crippen LogP contribution in [0.2, 0.25) is 5.02 Å². The van der Waals surface area contributed by atoms with Crippen molar-refractivity contribution in [1.82, 2.24) is 9.88 Å². The standard InChI is InChI=1S/C19H16ClN3O4/c20-13-5-6-14(16(11-13)23(25)26)19(24)22-9-7-12(8-10-22)18-21-15-3-1-2-4-17(15)27-18/h1-6,11-12H,7-10H2. The molecule has 0 unspecified atom stereocenters. The average molecular weight is 386 g/mol. The van der Waals surface area contributed by atoms with Crippen LogP contribution in [-0.4, -0.2) is 33.8 Å². The zero-order valence-electron chi connectivity index (χ0n) is 14.3. The molecule has 1 saturated heterocycles. The van der Waals surface area contributed by atoms with E-state index in [1.54, 1.807) is 4.90 Å². The maximum Gasteiger partial charge on any atom is 0.283 e. The Hall–Kier alpha value is -2.93. The summed E-state index contributed by atoms with van der Waals surface area (Å²) in [6.45, 7) is 0.976. The van der Waals surface area contributed by atoms with Crippen molar-refractivity contribution in [2.75, 3.05) is 13.1 Å². The number of hydrogen-bond donors (Lipinski definition) is 0. The minimum atomic E-state index is -0.579. The van der Waals surface area contributed by atoms with E-state index in [0.29, 0.717) is 31.8 Å². The van der Waals surface area contributed by atoms with E-state index in [-0.39, 0.29) is 28.1 Å². The minimum Gasteiger partial charge on any atom is -0.440 e. The van der Waals surface area contributed by atoms with Gasteiger partial charge in [0.25, 0.3) is 11.6 Å². The first kappa shape index (κ1) is 17.5. The fraction of sp³-hybridized carbons (Fsp3) is 0.263. The first-order valence-electron chi connectivity index (χ1n) is 8.61. The largest absolute Gasteiger partial charge is 0.440 e. The predicted molar refractivity (Wildman–Crippen MR) is 100.0 cm³/mol. The molecule has 0 atom stereocenters. The van der Waals surface area contributed by atoms with Gasteiger partial charge < -0.3 is 9.32 Å². The minimum absolute atomic E-state index is 0.0599. The number of para-hydroxylation sites is 2. The van der Waals surface area contributed by atoms with E-state index in [1.165, 1.54) is 18.2 Å². The number of piperidine rings is 1. The van der Waals surface area contributed by atoms with Crippen molar-refractivity contribution in [3.05, 3.63) is 69.1 Å². The van der Waals surface area contributed by atoms with E-state index in [9.17, 15) is 14.9 Å². The van der Waals surface area contributed by atoms with Crippen LogP contribution in [0.25, 0.3) is 11.1 Å². The number of likely N-dealkylation sites (tertiary alicyclic amines) is 1. The number of nitro groups is 1. The van der Waals surface area contributed by atoms with E-state index in [1.807, 2.05) is 24.3 Å². The SMILES string of the molecule is O=C(c1ccc(Cl)cc1[N+](=O)[O-])N1CCC(c2nc3ccccc3o2)CC1. The Bertz CT molecular complexity index is 992. The predicted octanol–water partition coefficient (Wildman–Crippen LogP) is 4.41. The summed E-state index contributed by atoms with van der Waals surface area (Å²) in [4.78, 5) is 29.6. The molecule has 3 aromatic rings. The van der Waals surface area contributed by atoms with Crippen molar-refractivity contribution in [2.45, 2.75) is 18.8 Å². The molecule has 4 rings (SSSR count). The Morgan fingerprint density at radius 1 is 1.22 bits per heavy atom. The summed E-state index contributed by atoms with van der Waals surface area (Å²) in [6, 6.07) is 11.7. The summed E-state index contributed by atoms with van der Waals surface area (Å²) in [7, 11) is 0. The number of nitrogens with zero attached hydrogens (tertiary/aromatic N) is 3. The molecule has 8 heteroatoms. The molecule has 0 bridgehead atoms. The van der Waals surface area contributed by atoms with Crippen molar-refractivity contribution in [3.8, 4) is 0 Å². The second kappa shape index (κ2) is 7.00. The smallest absolute Gasteiger partial charge is 0.283 e. The fourth-order valence-corrected chi connectivity index (χ4v) is 3.57. The second-order valence-corrected chi connectivity index (χ2v) is 6.94. The van der Waals surface area contributed by atoms with Crippen LogP contribution >= 0.6 is 11.6 Å². The summed E-state index contributed by atoms with van der Waals surface area (Å²) < 4.78 is 5.83. The van der Waals surface area contributed by atoms with Gasteiger partial charge in [-0.05, 0) is 37.1 Å². The highest BCUT2D eigenvalue weighted by Crippen LogP contribution is 2.31.